The van der Waals surface area contributed by atoms with Gasteiger partial charge in [0.15, 0.2) is 0 Å². The second kappa shape index (κ2) is 8.52. The van der Waals surface area contributed by atoms with Crippen molar-refractivity contribution in [2.75, 3.05) is 13.1 Å². The molecule has 2 aromatic rings. The topological polar surface area (TPSA) is 61.4 Å². The molecule has 2 fully saturated rings. The van der Waals surface area contributed by atoms with Crippen LogP contribution in [0, 0.1) is 5.92 Å². The molecule has 1 unspecified atom stereocenters. The zero-order chi connectivity index (χ0) is 19.5. The number of benzene rings is 1. The number of carbonyl (C=O) groups is 2. The summed E-state index contributed by atoms with van der Waals surface area (Å²) < 4.78 is 1.28. The van der Waals surface area contributed by atoms with E-state index in [1.807, 2.05) is 4.90 Å². The number of nitrogens with one attached hydrogen (secondary N) is 2. The number of nitrogens with zero attached hydrogens (tertiary/aromatic N) is 1. The third-order valence-electron chi connectivity index (χ3n) is 6.28. The molecular weight excluding hydrogens is 370 g/mol. The van der Waals surface area contributed by atoms with Crippen molar-refractivity contribution in [3.63, 3.8) is 0 Å². The first-order valence-corrected chi connectivity index (χ1v) is 11.3. The van der Waals surface area contributed by atoms with Gasteiger partial charge >= 0.3 is 6.03 Å². The van der Waals surface area contributed by atoms with Crippen molar-refractivity contribution in [1.82, 2.24) is 15.5 Å². The van der Waals surface area contributed by atoms with Gasteiger partial charge in [-0.2, -0.15) is 0 Å². The van der Waals surface area contributed by atoms with Crippen LogP contribution in [0.3, 0.4) is 0 Å². The highest BCUT2D eigenvalue weighted by atomic mass is 32.1. The minimum absolute atomic E-state index is 0.0657. The maximum absolute atomic E-state index is 12.8. The number of hydrogen-bond acceptors (Lipinski definition) is 3. The van der Waals surface area contributed by atoms with Crippen LogP contribution in [-0.4, -0.2) is 36.0 Å². The van der Waals surface area contributed by atoms with Crippen molar-refractivity contribution < 1.29 is 9.59 Å². The average Bonchev–Trinajstić information content (AvgIpc) is 3.37. The molecule has 0 spiro atoms. The average molecular weight is 400 g/mol. The lowest BCUT2D eigenvalue weighted by Gasteiger charge is -2.32. The molecule has 1 aliphatic heterocycles. The van der Waals surface area contributed by atoms with Crippen molar-refractivity contribution >= 4 is 33.4 Å². The lowest BCUT2D eigenvalue weighted by atomic mass is 9.91. The molecule has 1 aromatic heterocycles. The third kappa shape index (κ3) is 4.17. The Morgan fingerprint density at radius 3 is 2.54 bits per heavy atom. The fourth-order valence-electron chi connectivity index (χ4n) is 4.69. The van der Waals surface area contributed by atoms with Gasteiger partial charge in [0.05, 0.1) is 6.04 Å². The third-order valence-corrected chi connectivity index (χ3v) is 7.26. The molecule has 4 rings (SSSR count). The van der Waals surface area contributed by atoms with Gasteiger partial charge < -0.3 is 15.5 Å². The van der Waals surface area contributed by atoms with Crippen LogP contribution in [0.2, 0.25) is 0 Å². The van der Waals surface area contributed by atoms with Gasteiger partial charge in [-0.15, -0.1) is 11.3 Å². The Morgan fingerprint density at radius 2 is 1.82 bits per heavy atom. The summed E-state index contributed by atoms with van der Waals surface area (Å²) in [7, 11) is 0. The van der Waals surface area contributed by atoms with Crippen molar-refractivity contribution in [3.8, 4) is 0 Å². The molecule has 5 nitrogen and oxygen atoms in total. The molecule has 2 aliphatic rings. The van der Waals surface area contributed by atoms with Crippen LogP contribution < -0.4 is 10.6 Å². The van der Waals surface area contributed by atoms with E-state index in [1.165, 1.54) is 41.3 Å². The van der Waals surface area contributed by atoms with Crippen molar-refractivity contribution in [2.45, 2.75) is 57.5 Å². The predicted octanol–water partition coefficient (Wildman–Crippen LogP) is 4.44. The van der Waals surface area contributed by atoms with Crippen LogP contribution in [0.5, 0.6) is 0 Å². The maximum Gasteiger partial charge on any atom is 0.315 e. The van der Waals surface area contributed by atoms with Crippen LogP contribution in [0.4, 0.5) is 4.79 Å². The minimum Gasteiger partial charge on any atom is -0.343 e. The van der Waals surface area contributed by atoms with E-state index in [1.54, 1.807) is 18.3 Å². The highest BCUT2D eigenvalue weighted by Crippen LogP contribution is 2.40. The zero-order valence-corrected chi connectivity index (χ0v) is 17.3. The molecule has 1 aromatic carbocycles. The fourth-order valence-corrected chi connectivity index (χ4v) is 5.68. The highest BCUT2D eigenvalue weighted by molar-refractivity contribution is 7.17. The SMILES string of the molecule is CC(=O)N1CCC(NC(=O)NC(c2csc3ccccc23)C2CCCC2)CC1. The molecule has 3 amide bonds. The van der Waals surface area contributed by atoms with E-state index < -0.39 is 0 Å². The van der Waals surface area contributed by atoms with Gasteiger partial charge in [-0.1, -0.05) is 31.0 Å². The first-order chi connectivity index (χ1) is 13.6. The van der Waals surface area contributed by atoms with Crippen LogP contribution in [0.1, 0.15) is 57.1 Å². The quantitative estimate of drug-likeness (QED) is 0.798. The van der Waals surface area contributed by atoms with E-state index in [0.717, 1.165) is 25.9 Å². The molecule has 150 valence electrons. The van der Waals surface area contributed by atoms with Crippen LogP contribution in [0.25, 0.3) is 10.1 Å². The molecular formula is C22H29N3O2S. The van der Waals surface area contributed by atoms with E-state index in [-0.39, 0.29) is 24.0 Å². The summed E-state index contributed by atoms with van der Waals surface area (Å²) in [6.45, 7) is 3.06. The minimum atomic E-state index is -0.0755. The number of amides is 3. The Morgan fingerprint density at radius 1 is 1.11 bits per heavy atom. The summed E-state index contributed by atoms with van der Waals surface area (Å²) in [5.41, 5.74) is 1.26. The first-order valence-electron chi connectivity index (χ1n) is 10.4. The molecule has 2 N–H and O–H groups in total. The van der Waals surface area contributed by atoms with Crippen molar-refractivity contribution in [1.29, 1.82) is 0 Å². The summed E-state index contributed by atoms with van der Waals surface area (Å²) >= 11 is 1.76. The number of thiophene rings is 1. The molecule has 0 radical (unpaired) electrons. The van der Waals surface area contributed by atoms with Gasteiger partial charge in [0, 0.05) is 30.8 Å². The summed E-state index contributed by atoms with van der Waals surface area (Å²) in [6.07, 6.45) is 6.48. The zero-order valence-electron chi connectivity index (χ0n) is 16.4. The van der Waals surface area contributed by atoms with Crippen LogP contribution in [0.15, 0.2) is 29.6 Å². The second-order valence-corrected chi connectivity index (χ2v) is 9.02. The van der Waals surface area contributed by atoms with Gasteiger partial charge in [-0.25, -0.2) is 4.79 Å². The van der Waals surface area contributed by atoms with Crippen LogP contribution >= 0.6 is 11.3 Å². The lowest BCUT2D eigenvalue weighted by molar-refractivity contribution is -0.129. The molecule has 6 heteroatoms. The normalized spacial score (nSPS) is 19.7. The Kier molecular flexibility index (Phi) is 5.85. The van der Waals surface area contributed by atoms with Gasteiger partial charge in [0.2, 0.25) is 5.91 Å². The van der Waals surface area contributed by atoms with Gasteiger partial charge in [0.25, 0.3) is 0 Å². The number of fused-ring (bicyclic) bond motifs is 1. The number of hydrogen-bond donors (Lipinski definition) is 2. The molecule has 0 bridgehead atoms. The molecule has 2 heterocycles. The monoisotopic (exact) mass is 399 g/mol. The van der Waals surface area contributed by atoms with Crippen molar-refractivity contribution in [3.05, 3.63) is 35.2 Å². The Bertz CT molecular complexity index is 835. The van der Waals surface area contributed by atoms with E-state index in [9.17, 15) is 9.59 Å². The standard InChI is InChI=1S/C22H29N3O2S/c1-15(26)25-12-10-17(11-13-25)23-22(27)24-21(16-6-2-3-7-16)19-14-28-20-9-5-4-8-18(19)20/h4-5,8-9,14,16-17,21H,2-3,6-7,10-13H2,1H3,(H2,23,24,27). The van der Waals surface area contributed by atoms with E-state index in [2.05, 4.69) is 40.3 Å². The molecule has 1 atom stereocenters. The van der Waals surface area contributed by atoms with E-state index in [4.69, 9.17) is 0 Å². The number of likely N-dealkylation sites (tertiary alicyclic amines) is 1. The number of rotatable bonds is 4. The van der Waals surface area contributed by atoms with Crippen LogP contribution in [-0.2, 0) is 4.79 Å². The number of piperidine rings is 1. The van der Waals surface area contributed by atoms with Gasteiger partial charge in [0.1, 0.15) is 0 Å². The van der Waals surface area contributed by atoms with Gasteiger partial charge in [-0.05, 0) is 54.0 Å². The predicted molar refractivity (Wildman–Crippen MR) is 113 cm³/mol. The fraction of sp³-hybridized carbons (Fsp3) is 0.545. The van der Waals surface area contributed by atoms with E-state index >= 15 is 0 Å². The summed E-state index contributed by atoms with van der Waals surface area (Å²) in [5.74, 6) is 0.622. The summed E-state index contributed by atoms with van der Waals surface area (Å²) in [4.78, 5) is 26.2. The maximum atomic E-state index is 12.8. The molecule has 1 aliphatic carbocycles. The Labute approximate surface area is 170 Å². The second-order valence-electron chi connectivity index (χ2n) is 8.11. The van der Waals surface area contributed by atoms with E-state index in [0.29, 0.717) is 5.92 Å². The number of carbonyl (C=O) groups excluding carboxylic acids is 2. The molecule has 1 saturated carbocycles. The summed E-state index contributed by atoms with van der Waals surface area (Å²) in [6, 6.07) is 8.59. The lowest BCUT2D eigenvalue weighted by Crippen LogP contribution is -2.49. The molecule has 28 heavy (non-hydrogen) atoms. The van der Waals surface area contributed by atoms with Crippen molar-refractivity contribution in [2.24, 2.45) is 5.92 Å². The Hall–Kier alpha value is -2.08. The number of urea groups is 1. The smallest absolute Gasteiger partial charge is 0.315 e. The van der Waals surface area contributed by atoms with Gasteiger partial charge in [-0.3, -0.25) is 4.79 Å². The first kappa shape index (κ1) is 19.2. The highest BCUT2D eigenvalue weighted by Gasteiger charge is 2.30. The Balaban J connectivity index is 1.44. The summed E-state index contributed by atoms with van der Waals surface area (Å²) in [5, 5.41) is 9.95. The largest absolute Gasteiger partial charge is 0.343 e. The molecule has 1 saturated heterocycles.